The van der Waals surface area contributed by atoms with E-state index in [1.807, 2.05) is 29.8 Å². The van der Waals surface area contributed by atoms with Crippen LogP contribution in [0.5, 0.6) is 0 Å². The molecule has 1 saturated heterocycles. The standard InChI is InChI=1S/C16H20N6O/c1-11-7-12(2)22-16(19-11)13(8-18-22)9-21-5-6-23-10-15(21)14-3-4-17-20-14/h3-4,7-8,15H,5-6,9-10H2,1-2H3,(H,17,20). The molecular weight excluding hydrogens is 292 g/mol. The summed E-state index contributed by atoms with van der Waals surface area (Å²) in [7, 11) is 0. The Morgan fingerprint density at radius 3 is 3.13 bits per heavy atom. The Hall–Kier alpha value is -2.25. The van der Waals surface area contributed by atoms with Crippen LogP contribution in [-0.2, 0) is 11.3 Å². The number of rotatable bonds is 3. The minimum Gasteiger partial charge on any atom is -0.378 e. The highest BCUT2D eigenvalue weighted by atomic mass is 16.5. The second-order valence-electron chi connectivity index (χ2n) is 6.02. The van der Waals surface area contributed by atoms with Crippen LogP contribution >= 0.6 is 0 Å². The van der Waals surface area contributed by atoms with E-state index in [1.54, 1.807) is 6.20 Å². The van der Waals surface area contributed by atoms with Crippen LogP contribution in [0.15, 0.2) is 24.5 Å². The average molecular weight is 312 g/mol. The molecular formula is C16H20N6O. The summed E-state index contributed by atoms with van der Waals surface area (Å²) in [5.41, 5.74) is 5.29. The summed E-state index contributed by atoms with van der Waals surface area (Å²) < 4.78 is 7.57. The Morgan fingerprint density at radius 1 is 1.39 bits per heavy atom. The fraction of sp³-hybridized carbons (Fsp3) is 0.438. The molecule has 7 heteroatoms. The highest BCUT2D eigenvalue weighted by molar-refractivity contribution is 5.48. The SMILES string of the molecule is Cc1cc(C)n2ncc(CN3CCOCC3c3ccn[nH]3)c2n1. The molecule has 3 aromatic rings. The second-order valence-corrected chi connectivity index (χ2v) is 6.02. The molecule has 120 valence electrons. The summed E-state index contributed by atoms with van der Waals surface area (Å²) in [6.45, 7) is 7.17. The van der Waals surface area contributed by atoms with Gasteiger partial charge in [-0.05, 0) is 26.0 Å². The van der Waals surface area contributed by atoms with Crippen molar-refractivity contribution in [2.45, 2.75) is 26.4 Å². The van der Waals surface area contributed by atoms with Crippen LogP contribution in [0.1, 0.15) is 28.7 Å². The maximum atomic E-state index is 5.66. The number of nitrogens with one attached hydrogen (secondary N) is 1. The van der Waals surface area contributed by atoms with Crippen LogP contribution in [0.4, 0.5) is 0 Å². The van der Waals surface area contributed by atoms with Crippen molar-refractivity contribution in [3.63, 3.8) is 0 Å². The number of ether oxygens (including phenoxy) is 1. The molecule has 0 bridgehead atoms. The largest absolute Gasteiger partial charge is 0.378 e. The van der Waals surface area contributed by atoms with Crippen molar-refractivity contribution in [2.75, 3.05) is 19.8 Å². The number of hydrogen-bond acceptors (Lipinski definition) is 5. The lowest BCUT2D eigenvalue weighted by molar-refractivity contribution is -0.0141. The molecule has 4 heterocycles. The maximum absolute atomic E-state index is 5.66. The molecule has 1 unspecified atom stereocenters. The monoisotopic (exact) mass is 312 g/mol. The van der Waals surface area contributed by atoms with E-state index in [9.17, 15) is 0 Å². The normalized spacial score (nSPS) is 19.5. The fourth-order valence-corrected chi connectivity index (χ4v) is 3.21. The van der Waals surface area contributed by atoms with Gasteiger partial charge in [0.05, 0.1) is 31.1 Å². The van der Waals surface area contributed by atoms with Crippen LogP contribution in [0, 0.1) is 13.8 Å². The van der Waals surface area contributed by atoms with Gasteiger partial charge in [0.1, 0.15) is 0 Å². The fourth-order valence-electron chi connectivity index (χ4n) is 3.21. The Balaban J connectivity index is 1.66. The van der Waals surface area contributed by atoms with E-state index in [0.29, 0.717) is 6.61 Å². The lowest BCUT2D eigenvalue weighted by Gasteiger charge is -2.34. The molecule has 1 aliphatic rings. The predicted molar refractivity (Wildman–Crippen MR) is 85.0 cm³/mol. The molecule has 1 N–H and O–H groups in total. The molecule has 7 nitrogen and oxygen atoms in total. The smallest absolute Gasteiger partial charge is 0.159 e. The summed E-state index contributed by atoms with van der Waals surface area (Å²) in [6.07, 6.45) is 3.71. The van der Waals surface area contributed by atoms with Crippen molar-refractivity contribution < 1.29 is 4.74 Å². The number of morpholine rings is 1. The molecule has 0 amide bonds. The van der Waals surface area contributed by atoms with E-state index in [2.05, 4.69) is 32.1 Å². The molecule has 0 spiro atoms. The third-order valence-electron chi connectivity index (χ3n) is 4.35. The van der Waals surface area contributed by atoms with E-state index < -0.39 is 0 Å². The minimum absolute atomic E-state index is 0.187. The predicted octanol–water partition coefficient (Wildman–Crippen LogP) is 1.64. The van der Waals surface area contributed by atoms with Crippen molar-refractivity contribution >= 4 is 5.65 Å². The average Bonchev–Trinajstić information content (AvgIpc) is 3.18. The lowest BCUT2D eigenvalue weighted by Crippen LogP contribution is -2.39. The molecule has 23 heavy (non-hydrogen) atoms. The summed E-state index contributed by atoms with van der Waals surface area (Å²) in [5, 5.41) is 11.6. The number of fused-ring (bicyclic) bond motifs is 1. The number of nitrogens with zero attached hydrogens (tertiary/aromatic N) is 5. The van der Waals surface area contributed by atoms with Gasteiger partial charge in [-0.1, -0.05) is 0 Å². The van der Waals surface area contributed by atoms with Gasteiger partial charge in [-0.3, -0.25) is 10.00 Å². The van der Waals surface area contributed by atoms with Crippen molar-refractivity contribution in [3.8, 4) is 0 Å². The van der Waals surface area contributed by atoms with Gasteiger partial charge < -0.3 is 4.74 Å². The highest BCUT2D eigenvalue weighted by Gasteiger charge is 2.26. The highest BCUT2D eigenvalue weighted by Crippen LogP contribution is 2.25. The zero-order chi connectivity index (χ0) is 15.8. The van der Waals surface area contributed by atoms with Crippen LogP contribution < -0.4 is 0 Å². The van der Waals surface area contributed by atoms with Gasteiger partial charge in [-0.25, -0.2) is 9.50 Å². The van der Waals surface area contributed by atoms with Crippen molar-refractivity contribution in [1.82, 2.24) is 29.7 Å². The molecule has 1 atom stereocenters. The van der Waals surface area contributed by atoms with Crippen LogP contribution in [0.2, 0.25) is 0 Å². The zero-order valence-electron chi connectivity index (χ0n) is 13.4. The van der Waals surface area contributed by atoms with Gasteiger partial charge in [-0.2, -0.15) is 10.2 Å². The van der Waals surface area contributed by atoms with Gasteiger partial charge in [0, 0.05) is 36.2 Å². The third kappa shape index (κ3) is 2.62. The summed E-state index contributed by atoms with van der Waals surface area (Å²) in [4.78, 5) is 7.07. The van der Waals surface area contributed by atoms with E-state index in [1.165, 1.54) is 0 Å². The Kier molecular flexibility index (Phi) is 3.59. The summed E-state index contributed by atoms with van der Waals surface area (Å²) in [6, 6.07) is 4.24. The zero-order valence-corrected chi connectivity index (χ0v) is 13.4. The molecule has 0 aromatic carbocycles. The summed E-state index contributed by atoms with van der Waals surface area (Å²) >= 11 is 0. The number of aryl methyl sites for hydroxylation is 2. The minimum atomic E-state index is 0.187. The second kappa shape index (κ2) is 5.75. The molecule has 1 aliphatic heterocycles. The van der Waals surface area contributed by atoms with Crippen LogP contribution in [0.25, 0.3) is 5.65 Å². The topological polar surface area (TPSA) is 71.3 Å². The molecule has 0 radical (unpaired) electrons. The first-order valence-electron chi connectivity index (χ1n) is 7.84. The Morgan fingerprint density at radius 2 is 2.30 bits per heavy atom. The maximum Gasteiger partial charge on any atom is 0.159 e. The van der Waals surface area contributed by atoms with Crippen molar-refractivity contribution in [1.29, 1.82) is 0 Å². The first-order chi connectivity index (χ1) is 11.2. The van der Waals surface area contributed by atoms with Gasteiger partial charge >= 0.3 is 0 Å². The number of aromatic amines is 1. The molecule has 3 aromatic heterocycles. The number of H-pyrrole nitrogens is 1. The van der Waals surface area contributed by atoms with Gasteiger partial charge in [0.2, 0.25) is 0 Å². The van der Waals surface area contributed by atoms with E-state index in [4.69, 9.17) is 4.74 Å². The first-order valence-corrected chi connectivity index (χ1v) is 7.84. The van der Waals surface area contributed by atoms with Crippen molar-refractivity contribution in [2.24, 2.45) is 0 Å². The summed E-state index contributed by atoms with van der Waals surface area (Å²) in [5.74, 6) is 0. The molecule has 4 rings (SSSR count). The molecule has 1 fully saturated rings. The van der Waals surface area contributed by atoms with E-state index >= 15 is 0 Å². The Labute approximate surface area is 134 Å². The van der Waals surface area contributed by atoms with Crippen LogP contribution in [-0.4, -0.2) is 49.5 Å². The van der Waals surface area contributed by atoms with E-state index in [0.717, 1.165) is 48.0 Å². The third-order valence-corrected chi connectivity index (χ3v) is 4.35. The first kappa shape index (κ1) is 14.3. The molecule has 0 saturated carbocycles. The van der Waals surface area contributed by atoms with Crippen LogP contribution in [0.3, 0.4) is 0 Å². The van der Waals surface area contributed by atoms with Gasteiger partial charge in [0.15, 0.2) is 5.65 Å². The van der Waals surface area contributed by atoms with E-state index in [-0.39, 0.29) is 6.04 Å². The number of hydrogen-bond donors (Lipinski definition) is 1. The van der Waals surface area contributed by atoms with Gasteiger partial charge in [-0.15, -0.1) is 0 Å². The lowest BCUT2D eigenvalue weighted by atomic mass is 10.1. The number of aromatic nitrogens is 5. The Bertz CT molecular complexity index is 809. The molecule has 0 aliphatic carbocycles. The van der Waals surface area contributed by atoms with Gasteiger partial charge in [0.25, 0.3) is 0 Å². The van der Waals surface area contributed by atoms with Crippen molar-refractivity contribution in [3.05, 3.63) is 47.2 Å². The quantitative estimate of drug-likeness (QED) is 0.796.